The van der Waals surface area contributed by atoms with Crippen LogP contribution in [0.2, 0.25) is 0 Å². The third kappa shape index (κ3) is 6.96. The van der Waals surface area contributed by atoms with Crippen molar-refractivity contribution in [3.63, 3.8) is 0 Å². The van der Waals surface area contributed by atoms with Gasteiger partial charge in [-0.15, -0.1) is 13.2 Å². The third-order valence-electron chi connectivity index (χ3n) is 4.35. The highest BCUT2D eigenvalue weighted by Crippen LogP contribution is 2.31. The minimum Gasteiger partial charge on any atom is -0.492 e. The molecule has 0 heterocycles. The standard InChI is InChI=1S/C23H19F3N2O6S/c1-2-33-19-14-16(27-22(30)21(29)15-7-4-3-5-8-15)11-12-20(19)35(31,32)28-17-9-6-10-18(13-17)34-23(24,25)26/h3-14,28H,2H2,1H3,(H,27,30). The van der Waals surface area contributed by atoms with Crippen LogP contribution >= 0.6 is 0 Å². The summed E-state index contributed by atoms with van der Waals surface area (Å²) in [5, 5.41) is 2.39. The van der Waals surface area contributed by atoms with E-state index in [9.17, 15) is 31.2 Å². The molecule has 0 unspecified atom stereocenters. The van der Waals surface area contributed by atoms with Crippen molar-refractivity contribution in [3.8, 4) is 11.5 Å². The number of Topliss-reactive ketones (excluding diaryl/α,β-unsaturated/α-hetero) is 1. The molecule has 0 saturated carbocycles. The average molecular weight is 508 g/mol. The number of hydrogen-bond donors (Lipinski definition) is 2. The summed E-state index contributed by atoms with van der Waals surface area (Å²) in [6, 6.07) is 15.8. The van der Waals surface area contributed by atoms with Crippen LogP contribution in [0, 0.1) is 0 Å². The van der Waals surface area contributed by atoms with Gasteiger partial charge in [0, 0.05) is 23.4 Å². The Bertz CT molecular complexity index is 1330. The Morgan fingerprint density at radius 3 is 2.29 bits per heavy atom. The molecule has 0 aliphatic rings. The van der Waals surface area contributed by atoms with Gasteiger partial charge in [0.05, 0.1) is 12.3 Å². The topological polar surface area (TPSA) is 111 Å². The summed E-state index contributed by atoms with van der Waals surface area (Å²) >= 11 is 0. The van der Waals surface area contributed by atoms with Gasteiger partial charge in [0.1, 0.15) is 16.4 Å². The summed E-state index contributed by atoms with van der Waals surface area (Å²) in [6.07, 6.45) is -4.94. The Hall–Kier alpha value is -4.06. The van der Waals surface area contributed by atoms with E-state index in [2.05, 4.69) is 14.8 Å². The molecule has 3 aromatic rings. The zero-order chi connectivity index (χ0) is 25.6. The molecular weight excluding hydrogens is 489 g/mol. The first-order chi connectivity index (χ1) is 16.5. The normalized spacial score (nSPS) is 11.4. The van der Waals surface area contributed by atoms with E-state index in [0.717, 1.165) is 18.2 Å². The van der Waals surface area contributed by atoms with Crippen molar-refractivity contribution in [2.75, 3.05) is 16.6 Å². The van der Waals surface area contributed by atoms with Crippen LogP contribution in [0.1, 0.15) is 17.3 Å². The van der Waals surface area contributed by atoms with E-state index in [1.807, 2.05) is 0 Å². The molecule has 0 radical (unpaired) electrons. The lowest BCUT2D eigenvalue weighted by Crippen LogP contribution is -2.23. The van der Waals surface area contributed by atoms with Gasteiger partial charge in [0.15, 0.2) is 0 Å². The predicted octanol–water partition coefficient (Wildman–Crippen LogP) is 4.61. The molecule has 0 aromatic heterocycles. The molecule has 0 fully saturated rings. The second kappa shape index (κ2) is 10.5. The Labute approximate surface area is 198 Å². The molecular formula is C23H19F3N2O6S. The lowest BCUT2D eigenvalue weighted by atomic mass is 10.1. The number of nitrogens with one attached hydrogen (secondary N) is 2. The van der Waals surface area contributed by atoms with Crippen molar-refractivity contribution in [3.05, 3.63) is 78.4 Å². The maximum atomic E-state index is 12.9. The Balaban J connectivity index is 1.83. The number of anilines is 2. The molecule has 12 heteroatoms. The summed E-state index contributed by atoms with van der Waals surface area (Å²) in [5.74, 6) is -2.48. The summed E-state index contributed by atoms with van der Waals surface area (Å²) in [7, 11) is -4.32. The van der Waals surface area contributed by atoms with Gasteiger partial charge in [-0.2, -0.15) is 0 Å². The fraction of sp³-hybridized carbons (Fsp3) is 0.130. The monoisotopic (exact) mass is 508 g/mol. The van der Waals surface area contributed by atoms with Crippen molar-refractivity contribution < 1.29 is 40.7 Å². The van der Waals surface area contributed by atoms with E-state index < -0.39 is 33.8 Å². The number of sulfonamides is 1. The van der Waals surface area contributed by atoms with Gasteiger partial charge in [-0.1, -0.05) is 36.4 Å². The van der Waals surface area contributed by atoms with Crippen LogP contribution in [0.5, 0.6) is 11.5 Å². The van der Waals surface area contributed by atoms with E-state index in [4.69, 9.17) is 4.74 Å². The summed E-state index contributed by atoms with van der Waals surface area (Å²) < 4.78 is 74.6. The first-order valence-electron chi connectivity index (χ1n) is 10.0. The third-order valence-corrected chi connectivity index (χ3v) is 5.77. The lowest BCUT2D eigenvalue weighted by Gasteiger charge is -2.15. The average Bonchev–Trinajstić information content (AvgIpc) is 2.78. The Kier molecular flexibility index (Phi) is 7.65. The maximum Gasteiger partial charge on any atom is 0.573 e. The number of amides is 1. The van der Waals surface area contributed by atoms with E-state index in [0.29, 0.717) is 0 Å². The number of carbonyl (C=O) groups is 2. The number of ketones is 1. The number of hydrogen-bond acceptors (Lipinski definition) is 6. The van der Waals surface area contributed by atoms with Crippen molar-refractivity contribution >= 4 is 33.1 Å². The molecule has 0 bridgehead atoms. The molecule has 0 aliphatic carbocycles. The van der Waals surface area contributed by atoms with Crippen molar-refractivity contribution in [2.24, 2.45) is 0 Å². The molecule has 0 spiro atoms. The first-order valence-corrected chi connectivity index (χ1v) is 11.5. The smallest absolute Gasteiger partial charge is 0.492 e. The fourth-order valence-corrected chi connectivity index (χ4v) is 4.13. The van der Waals surface area contributed by atoms with Gasteiger partial charge >= 0.3 is 6.36 Å². The number of halogens is 3. The number of alkyl halides is 3. The van der Waals surface area contributed by atoms with Gasteiger partial charge in [-0.25, -0.2) is 8.42 Å². The molecule has 0 saturated heterocycles. The van der Waals surface area contributed by atoms with Crippen LogP contribution in [0.25, 0.3) is 0 Å². The summed E-state index contributed by atoms with van der Waals surface area (Å²) in [5.41, 5.74) is 0.0949. The van der Waals surface area contributed by atoms with Gasteiger partial charge in [-0.3, -0.25) is 14.3 Å². The molecule has 3 aromatic carbocycles. The van der Waals surface area contributed by atoms with E-state index in [-0.39, 0.29) is 34.2 Å². The van der Waals surface area contributed by atoms with Gasteiger partial charge in [0.2, 0.25) is 0 Å². The molecule has 1 amide bonds. The number of ether oxygens (including phenoxy) is 2. The van der Waals surface area contributed by atoms with Crippen LogP contribution in [0.3, 0.4) is 0 Å². The van der Waals surface area contributed by atoms with Crippen molar-refractivity contribution in [2.45, 2.75) is 18.2 Å². The number of benzene rings is 3. The van der Waals surface area contributed by atoms with Crippen LogP contribution in [0.4, 0.5) is 24.5 Å². The van der Waals surface area contributed by atoms with Gasteiger partial charge < -0.3 is 14.8 Å². The Morgan fingerprint density at radius 2 is 1.63 bits per heavy atom. The predicted molar refractivity (Wildman–Crippen MR) is 121 cm³/mol. The van der Waals surface area contributed by atoms with Crippen LogP contribution in [-0.4, -0.2) is 33.1 Å². The molecule has 184 valence electrons. The highest BCUT2D eigenvalue weighted by molar-refractivity contribution is 7.92. The minimum atomic E-state index is -4.94. The Morgan fingerprint density at radius 1 is 0.914 bits per heavy atom. The zero-order valence-electron chi connectivity index (χ0n) is 18.1. The van der Waals surface area contributed by atoms with Crippen molar-refractivity contribution in [1.29, 1.82) is 0 Å². The molecule has 35 heavy (non-hydrogen) atoms. The van der Waals surface area contributed by atoms with E-state index in [1.165, 1.54) is 36.4 Å². The fourth-order valence-electron chi connectivity index (χ4n) is 2.95. The summed E-state index contributed by atoms with van der Waals surface area (Å²) in [4.78, 5) is 24.2. The van der Waals surface area contributed by atoms with Crippen molar-refractivity contribution in [1.82, 2.24) is 0 Å². The second-order valence-electron chi connectivity index (χ2n) is 6.92. The van der Waals surface area contributed by atoms with E-state index in [1.54, 1.807) is 25.1 Å². The molecule has 0 aliphatic heterocycles. The maximum absolute atomic E-state index is 12.9. The molecule has 8 nitrogen and oxygen atoms in total. The minimum absolute atomic E-state index is 0.0672. The number of carbonyl (C=O) groups excluding carboxylic acids is 2. The highest BCUT2D eigenvalue weighted by atomic mass is 32.2. The molecule has 3 rings (SSSR count). The van der Waals surface area contributed by atoms with Crippen LogP contribution in [-0.2, 0) is 14.8 Å². The van der Waals surface area contributed by atoms with Gasteiger partial charge in [-0.05, 0) is 31.2 Å². The van der Waals surface area contributed by atoms with Crippen LogP contribution in [0.15, 0.2) is 77.7 Å². The lowest BCUT2D eigenvalue weighted by molar-refractivity contribution is -0.274. The molecule has 2 N–H and O–H groups in total. The summed E-state index contributed by atoms with van der Waals surface area (Å²) in [6.45, 7) is 1.67. The second-order valence-corrected chi connectivity index (χ2v) is 8.58. The quantitative estimate of drug-likeness (QED) is 0.323. The molecule has 0 atom stereocenters. The SMILES string of the molecule is CCOc1cc(NC(=O)C(=O)c2ccccc2)ccc1S(=O)(=O)Nc1cccc(OC(F)(F)F)c1. The van der Waals surface area contributed by atoms with Gasteiger partial charge in [0.25, 0.3) is 21.7 Å². The largest absolute Gasteiger partial charge is 0.573 e. The highest BCUT2D eigenvalue weighted by Gasteiger charge is 2.31. The first kappa shape index (κ1) is 25.6. The zero-order valence-corrected chi connectivity index (χ0v) is 18.9. The van der Waals surface area contributed by atoms with E-state index >= 15 is 0 Å². The van der Waals surface area contributed by atoms with Crippen LogP contribution < -0.4 is 19.5 Å². The number of rotatable bonds is 9.